The minimum atomic E-state index is 0.709. The van der Waals surface area contributed by atoms with Gasteiger partial charge in [0.2, 0.25) is 0 Å². The Morgan fingerprint density at radius 2 is 0.681 bits per heavy atom. The van der Waals surface area contributed by atoms with Crippen molar-refractivity contribution < 1.29 is 0 Å². The molecule has 11 aromatic carbocycles. The third-order valence-corrected chi connectivity index (χ3v) is 14.4. The highest BCUT2D eigenvalue weighted by atomic mass is 15.0. The van der Waals surface area contributed by atoms with Gasteiger partial charge in [0.05, 0.1) is 44.3 Å². The molecule has 5 heteroatoms. The highest BCUT2D eigenvalue weighted by molar-refractivity contribution is 6.15. The zero-order chi connectivity index (χ0) is 45.2. The predicted molar refractivity (Wildman–Crippen MR) is 288 cm³/mol. The van der Waals surface area contributed by atoms with Crippen molar-refractivity contribution >= 4 is 97.9 Å². The average Bonchev–Trinajstić information content (AvgIpc) is 4.05. The fourth-order valence-electron chi connectivity index (χ4n) is 11.3. The van der Waals surface area contributed by atoms with Crippen LogP contribution in [0.2, 0.25) is 0 Å². The molecule has 0 amide bonds. The standard InChI is InChI=1S/C64H39N5/c1-2-15-43-37-44(26-25-40(43)13-1)64-65-55-36-29-41-14-3-4-16-48(41)62(55)63(66-64)42-27-30-45(31-28-42)67-60-38-46(68-56-21-9-5-17-49(56)50-18-6-10-22-57(50)68)32-34-53(60)54-35-33-47(39-61(54)67)69-58-23-11-7-19-51(58)52-20-8-12-24-59(52)69/h1-39H. The zero-order valence-electron chi connectivity index (χ0n) is 37.3. The Bertz CT molecular complexity index is 4330. The van der Waals surface area contributed by atoms with Gasteiger partial charge in [-0.05, 0) is 94.3 Å². The topological polar surface area (TPSA) is 40.6 Å². The van der Waals surface area contributed by atoms with Crippen LogP contribution in [0.3, 0.4) is 0 Å². The van der Waals surface area contributed by atoms with Gasteiger partial charge in [0.25, 0.3) is 0 Å². The van der Waals surface area contributed by atoms with Crippen LogP contribution >= 0.6 is 0 Å². The van der Waals surface area contributed by atoms with Crippen molar-refractivity contribution in [1.29, 1.82) is 0 Å². The predicted octanol–water partition coefficient (Wildman–Crippen LogP) is 16.6. The summed E-state index contributed by atoms with van der Waals surface area (Å²) in [6.07, 6.45) is 0. The Morgan fingerprint density at radius 3 is 1.25 bits per heavy atom. The Hall–Kier alpha value is -9.32. The number of rotatable bonds is 5. The summed E-state index contributed by atoms with van der Waals surface area (Å²) in [5.41, 5.74) is 14.2. The second kappa shape index (κ2) is 14.6. The molecule has 0 aliphatic rings. The Balaban J connectivity index is 0.973. The first kappa shape index (κ1) is 37.9. The molecule has 0 atom stereocenters. The van der Waals surface area contributed by atoms with Crippen LogP contribution in [0.25, 0.3) is 138 Å². The molecule has 0 saturated carbocycles. The van der Waals surface area contributed by atoms with Crippen molar-refractivity contribution in [2.24, 2.45) is 0 Å². The van der Waals surface area contributed by atoms with E-state index in [1.54, 1.807) is 0 Å². The first-order valence-corrected chi connectivity index (χ1v) is 23.6. The molecular weight excluding hydrogens is 839 g/mol. The van der Waals surface area contributed by atoms with Crippen LogP contribution < -0.4 is 0 Å². The maximum atomic E-state index is 5.45. The van der Waals surface area contributed by atoms with Gasteiger partial charge in [-0.3, -0.25) is 0 Å². The number of nitrogens with zero attached hydrogens (tertiary/aromatic N) is 5. The Kier molecular flexibility index (Phi) is 8.00. The van der Waals surface area contributed by atoms with Gasteiger partial charge in [0.15, 0.2) is 5.82 Å². The third kappa shape index (κ3) is 5.65. The highest BCUT2D eigenvalue weighted by Crippen LogP contribution is 2.41. The number of para-hydroxylation sites is 4. The molecular formula is C64H39N5. The van der Waals surface area contributed by atoms with E-state index in [9.17, 15) is 0 Å². The molecule has 0 saturated heterocycles. The van der Waals surface area contributed by atoms with Crippen LogP contribution in [-0.2, 0) is 0 Å². The average molecular weight is 878 g/mol. The summed E-state index contributed by atoms with van der Waals surface area (Å²) < 4.78 is 7.28. The lowest BCUT2D eigenvalue weighted by Crippen LogP contribution is -1.99. The minimum absolute atomic E-state index is 0.709. The molecule has 4 aromatic heterocycles. The molecule has 15 rings (SSSR count). The lowest BCUT2D eigenvalue weighted by molar-refractivity contribution is 1.14. The summed E-state index contributed by atoms with van der Waals surface area (Å²) in [7, 11) is 0. The van der Waals surface area contributed by atoms with E-state index < -0.39 is 0 Å². The summed E-state index contributed by atoms with van der Waals surface area (Å²) in [4.78, 5) is 10.7. The molecule has 69 heavy (non-hydrogen) atoms. The van der Waals surface area contributed by atoms with Gasteiger partial charge < -0.3 is 13.7 Å². The molecule has 0 aliphatic heterocycles. The second-order valence-electron chi connectivity index (χ2n) is 18.2. The number of fused-ring (bicyclic) bond motifs is 13. The van der Waals surface area contributed by atoms with Crippen molar-refractivity contribution in [2.45, 2.75) is 0 Å². The summed E-state index contributed by atoms with van der Waals surface area (Å²) in [5.74, 6) is 0.709. The largest absolute Gasteiger partial charge is 0.309 e. The zero-order valence-corrected chi connectivity index (χ0v) is 37.3. The highest BCUT2D eigenvalue weighted by Gasteiger charge is 2.20. The van der Waals surface area contributed by atoms with Crippen molar-refractivity contribution in [3.05, 3.63) is 237 Å². The smallest absolute Gasteiger partial charge is 0.160 e. The van der Waals surface area contributed by atoms with Gasteiger partial charge in [-0.2, -0.15) is 0 Å². The van der Waals surface area contributed by atoms with Crippen LogP contribution in [0.1, 0.15) is 0 Å². The van der Waals surface area contributed by atoms with Gasteiger partial charge in [0.1, 0.15) is 0 Å². The monoisotopic (exact) mass is 877 g/mol. The van der Waals surface area contributed by atoms with E-state index >= 15 is 0 Å². The summed E-state index contributed by atoms with van der Waals surface area (Å²) in [6, 6.07) is 85.8. The fraction of sp³-hybridized carbons (Fsp3) is 0. The van der Waals surface area contributed by atoms with E-state index in [4.69, 9.17) is 9.97 Å². The quantitative estimate of drug-likeness (QED) is 0.162. The molecule has 4 heterocycles. The van der Waals surface area contributed by atoms with E-state index in [0.717, 1.165) is 72.0 Å². The van der Waals surface area contributed by atoms with Crippen LogP contribution in [-0.4, -0.2) is 23.7 Å². The van der Waals surface area contributed by atoms with Crippen LogP contribution in [0.15, 0.2) is 237 Å². The van der Waals surface area contributed by atoms with Gasteiger partial charge in [-0.25, -0.2) is 9.97 Å². The van der Waals surface area contributed by atoms with Gasteiger partial charge in [-0.15, -0.1) is 0 Å². The second-order valence-corrected chi connectivity index (χ2v) is 18.2. The lowest BCUT2D eigenvalue weighted by atomic mass is 9.99. The summed E-state index contributed by atoms with van der Waals surface area (Å²) >= 11 is 0. The number of benzene rings is 11. The van der Waals surface area contributed by atoms with E-state index in [1.165, 1.54) is 59.8 Å². The summed E-state index contributed by atoms with van der Waals surface area (Å²) in [6.45, 7) is 0. The number of hydrogen-bond acceptors (Lipinski definition) is 2. The first-order chi connectivity index (χ1) is 34.2. The first-order valence-electron chi connectivity index (χ1n) is 23.6. The molecule has 5 nitrogen and oxygen atoms in total. The Morgan fingerprint density at radius 1 is 0.261 bits per heavy atom. The summed E-state index contributed by atoms with van der Waals surface area (Å²) in [5, 5.41) is 13.1. The SMILES string of the molecule is c1ccc2cc(-c3nc(-c4ccc(-n5c6cc(-n7c8ccccc8c8ccccc87)ccc6c6ccc(-n7c8ccccc8c8ccccc87)cc65)cc4)c4c(ccc5ccccc54)n3)ccc2c1. The van der Waals surface area contributed by atoms with E-state index in [-0.39, 0.29) is 0 Å². The van der Waals surface area contributed by atoms with Crippen LogP contribution in [0.5, 0.6) is 0 Å². The van der Waals surface area contributed by atoms with Crippen LogP contribution in [0, 0.1) is 0 Å². The molecule has 0 bridgehead atoms. The maximum absolute atomic E-state index is 5.45. The van der Waals surface area contributed by atoms with Crippen LogP contribution in [0.4, 0.5) is 0 Å². The lowest BCUT2D eigenvalue weighted by Gasteiger charge is -2.14. The fourth-order valence-corrected chi connectivity index (χ4v) is 11.3. The van der Waals surface area contributed by atoms with Crippen molar-refractivity contribution in [3.8, 4) is 39.7 Å². The molecule has 0 unspecified atom stereocenters. The number of aromatic nitrogens is 5. The molecule has 15 aromatic rings. The van der Waals surface area contributed by atoms with Crippen molar-refractivity contribution in [2.75, 3.05) is 0 Å². The molecule has 320 valence electrons. The van der Waals surface area contributed by atoms with E-state index in [2.05, 4.69) is 250 Å². The van der Waals surface area contributed by atoms with E-state index in [0.29, 0.717) is 5.82 Å². The normalized spacial score (nSPS) is 12.1. The number of hydrogen-bond donors (Lipinski definition) is 0. The van der Waals surface area contributed by atoms with Gasteiger partial charge in [-0.1, -0.05) is 164 Å². The minimum Gasteiger partial charge on any atom is -0.309 e. The van der Waals surface area contributed by atoms with E-state index in [1.807, 2.05) is 0 Å². The van der Waals surface area contributed by atoms with Crippen molar-refractivity contribution in [3.63, 3.8) is 0 Å². The third-order valence-electron chi connectivity index (χ3n) is 14.4. The van der Waals surface area contributed by atoms with Crippen molar-refractivity contribution in [1.82, 2.24) is 23.7 Å². The molecule has 0 spiro atoms. The van der Waals surface area contributed by atoms with Gasteiger partial charge >= 0.3 is 0 Å². The molecule has 0 aliphatic carbocycles. The Labute approximate surface area is 396 Å². The molecule has 0 radical (unpaired) electrons. The maximum Gasteiger partial charge on any atom is 0.160 e. The van der Waals surface area contributed by atoms with Gasteiger partial charge in [0, 0.05) is 65.9 Å². The molecule has 0 fully saturated rings. The molecule has 0 N–H and O–H groups in total.